The monoisotopic (exact) mass is 140 g/mol. The van der Waals surface area contributed by atoms with Crippen LogP contribution >= 0.6 is 0 Å². The predicted octanol–water partition coefficient (Wildman–Crippen LogP) is 3.78. The fraction of sp³-hybridized carbons (Fsp3) is 0.800. The van der Waals surface area contributed by atoms with Crippen LogP contribution in [-0.2, 0) is 0 Å². The van der Waals surface area contributed by atoms with Crippen LogP contribution in [0.3, 0.4) is 0 Å². The molecule has 0 aliphatic rings. The lowest BCUT2D eigenvalue weighted by molar-refractivity contribution is 0.672. The minimum atomic E-state index is 0.747. The highest BCUT2D eigenvalue weighted by Gasteiger charge is 1.99. The Hall–Kier alpha value is -0.260. The van der Waals surface area contributed by atoms with Gasteiger partial charge in [0.2, 0.25) is 0 Å². The molecule has 0 rings (SSSR count). The van der Waals surface area contributed by atoms with Gasteiger partial charge in [0.25, 0.3) is 0 Å². The van der Waals surface area contributed by atoms with E-state index in [9.17, 15) is 0 Å². The summed E-state index contributed by atoms with van der Waals surface area (Å²) >= 11 is 0. The number of hydrogen-bond donors (Lipinski definition) is 0. The maximum atomic E-state index is 2.27. The van der Waals surface area contributed by atoms with E-state index in [4.69, 9.17) is 0 Å². The third kappa shape index (κ3) is 3.71. The highest BCUT2D eigenvalue weighted by molar-refractivity contribution is 5.02. The molecule has 0 heteroatoms. The van der Waals surface area contributed by atoms with Crippen LogP contribution in [0.5, 0.6) is 0 Å². The Kier molecular flexibility index (Phi) is 5.38. The minimum Gasteiger partial charge on any atom is -0.0882 e. The minimum absolute atomic E-state index is 0.747. The molecule has 0 aliphatic heterocycles. The summed E-state index contributed by atoms with van der Waals surface area (Å²) < 4.78 is 0. The smallest absolute Gasteiger partial charge is 0.0260 e. The third-order valence-corrected chi connectivity index (χ3v) is 1.93. The Morgan fingerprint density at radius 3 is 2.30 bits per heavy atom. The molecule has 0 N–H and O–H groups in total. The zero-order valence-electron chi connectivity index (χ0n) is 7.78. The summed E-state index contributed by atoms with van der Waals surface area (Å²) in [5.41, 5.74) is 1.61. The molecule has 0 aromatic heterocycles. The highest BCUT2D eigenvalue weighted by atomic mass is 14.1. The van der Waals surface area contributed by atoms with Gasteiger partial charge in [-0.3, -0.25) is 0 Å². The Bertz CT molecular complexity index is 98.6. The summed E-state index contributed by atoms with van der Waals surface area (Å²) in [6.45, 7) is 8.93. The van der Waals surface area contributed by atoms with Gasteiger partial charge in [0.1, 0.15) is 0 Å². The van der Waals surface area contributed by atoms with E-state index in [0.717, 1.165) is 5.92 Å². The quantitative estimate of drug-likeness (QED) is 0.521. The molecule has 0 spiro atoms. The molecule has 60 valence electrons. The molecule has 0 aromatic rings. The molecule has 0 nitrogen and oxygen atoms in total. The largest absolute Gasteiger partial charge is 0.0882 e. The first kappa shape index (κ1) is 9.74. The second-order valence-corrected chi connectivity index (χ2v) is 3.12. The summed E-state index contributed by atoms with van der Waals surface area (Å²) in [5.74, 6) is 0.747. The van der Waals surface area contributed by atoms with Gasteiger partial charge < -0.3 is 0 Å². The van der Waals surface area contributed by atoms with Crippen molar-refractivity contribution in [1.82, 2.24) is 0 Å². The Labute approximate surface area is 65.3 Å². The average Bonchev–Trinajstić information content (AvgIpc) is 1.89. The predicted molar refractivity (Wildman–Crippen MR) is 48.1 cm³/mol. The molecular weight excluding hydrogens is 120 g/mol. The van der Waals surface area contributed by atoms with Crippen LogP contribution in [0.15, 0.2) is 11.6 Å². The van der Waals surface area contributed by atoms with Crippen LogP contribution in [0, 0.1) is 5.92 Å². The first-order valence-corrected chi connectivity index (χ1v) is 4.37. The second-order valence-electron chi connectivity index (χ2n) is 3.12. The van der Waals surface area contributed by atoms with E-state index in [1.807, 2.05) is 0 Å². The van der Waals surface area contributed by atoms with Crippen LogP contribution in [0.1, 0.15) is 47.0 Å². The van der Waals surface area contributed by atoms with Crippen LogP contribution in [0.4, 0.5) is 0 Å². The number of hydrogen-bond acceptors (Lipinski definition) is 0. The third-order valence-electron chi connectivity index (χ3n) is 1.93. The van der Waals surface area contributed by atoms with E-state index >= 15 is 0 Å². The van der Waals surface area contributed by atoms with Gasteiger partial charge in [0.15, 0.2) is 0 Å². The molecule has 0 heterocycles. The topological polar surface area (TPSA) is 0 Å². The molecule has 0 saturated carbocycles. The maximum absolute atomic E-state index is 2.27. The Morgan fingerprint density at radius 1 is 1.40 bits per heavy atom. The van der Waals surface area contributed by atoms with Gasteiger partial charge in [-0.2, -0.15) is 0 Å². The molecular formula is C10H20. The van der Waals surface area contributed by atoms with E-state index in [0.29, 0.717) is 0 Å². The molecule has 0 saturated heterocycles. The standard InChI is InChI=1S/C10H20/c1-5-7-8-10(6-2)9(3)4/h6,9H,5,7-8H2,1-4H3. The van der Waals surface area contributed by atoms with E-state index in [1.54, 1.807) is 5.57 Å². The van der Waals surface area contributed by atoms with Gasteiger partial charge in [0, 0.05) is 0 Å². The molecule has 0 bridgehead atoms. The molecule has 0 amide bonds. The lowest BCUT2D eigenvalue weighted by Crippen LogP contribution is -1.93. The second kappa shape index (κ2) is 5.52. The number of rotatable bonds is 4. The van der Waals surface area contributed by atoms with E-state index in [-0.39, 0.29) is 0 Å². The van der Waals surface area contributed by atoms with Crippen molar-refractivity contribution in [2.24, 2.45) is 5.92 Å². The summed E-state index contributed by atoms with van der Waals surface area (Å²) in [4.78, 5) is 0. The molecule has 0 aromatic carbocycles. The van der Waals surface area contributed by atoms with E-state index < -0.39 is 0 Å². The molecule has 10 heavy (non-hydrogen) atoms. The summed E-state index contributed by atoms with van der Waals surface area (Å²) in [6.07, 6.45) is 6.22. The van der Waals surface area contributed by atoms with Gasteiger partial charge >= 0.3 is 0 Å². The molecule has 0 atom stereocenters. The van der Waals surface area contributed by atoms with Gasteiger partial charge in [-0.05, 0) is 25.7 Å². The number of allylic oxidation sites excluding steroid dienone is 2. The van der Waals surface area contributed by atoms with Gasteiger partial charge in [-0.15, -0.1) is 0 Å². The maximum Gasteiger partial charge on any atom is -0.0260 e. The SMILES string of the molecule is CC=C(CCCC)C(C)C. The lowest BCUT2D eigenvalue weighted by Gasteiger charge is -2.08. The van der Waals surface area contributed by atoms with Crippen molar-refractivity contribution in [1.29, 1.82) is 0 Å². The van der Waals surface area contributed by atoms with Gasteiger partial charge in [0.05, 0.1) is 0 Å². The summed E-state index contributed by atoms with van der Waals surface area (Å²) in [5, 5.41) is 0. The zero-order chi connectivity index (χ0) is 7.98. The molecule has 0 unspecified atom stereocenters. The van der Waals surface area contributed by atoms with Gasteiger partial charge in [-0.1, -0.05) is 38.8 Å². The first-order valence-electron chi connectivity index (χ1n) is 4.37. The van der Waals surface area contributed by atoms with Crippen molar-refractivity contribution in [2.45, 2.75) is 47.0 Å². The van der Waals surface area contributed by atoms with Crippen molar-refractivity contribution in [3.05, 3.63) is 11.6 Å². The van der Waals surface area contributed by atoms with Crippen molar-refractivity contribution >= 4 is 0 Å². The van der Waals surface area contributed by atoms with Crippen molar-refractivity contribution in [3.63, 3.8) is 0 Å². The normalized spacial score (nSPS) is 12.7. The fourth-order valence-electron chi connectivity index (χ4n) is 1.15. The van der Waals surface area contributed by atoms with E-state index in [1.165, 1.54) is 19.3 Å². The summed E-state index contributed by atoms with van der Waals surface area (Å²) in [6, 6.07) is 0. The highest BCUT2D eigenvalue weighted by Crippen LogP contribution is 2.15. The Balaban J connectivity index is 3.63. The van der Waals surface area contributed by atoms with Crippen LogP contribution in [0.25, 0.3) is 0 Å². The summed E-state index contributed by atoms with van der Waals surface area (Å²) in [7, 11) is 0. The lowest BCUT2D eigenvalue weighted by atomic mass is 9.98. The van der Waals surface area contributed by atoms with Crippen LogP contribution < -0.4 is 0 Å². The fourth-order valence-corrected chi connectivity index (χ4v) is 1.15. The molecule has 0 radical (unpaired) electrons. The zero-order valence-corrected chi connectivity index (χ0v) is 7.78. The average molecular weight is 140 g/mol. The van der Waals surface area contributed by atoms with E-state index in [2.05, 4.69) is 33.8 Å². The molecule has 0 aliphatic carbocycles. The van der Waals surface area contributed by atoms with Crippen LogP contribution in [-0.4, -0.2) is 0 Å². The van der Waals surface area contributed by atoms with Crippen molar-refractivity contribution in [3.8, 4) is 0 Å². The first-order chi connectivity index (χ1) is 4.72. The van der Waals surface area contributed by atoms with Crippen molar-refractivity contribution in [2.75, 3.05) is 0 Å². The van der Waals surface area contributed by atoms with Gasteiger partial charge in [-0.25, -0.2) is 0 Å². The Morgan fingerprint density at radius 2 is 2.00 bits per heavy atom. The number of unbranched alkanes of at least 4 members (excludes halogenated alkanes) is 1. The van der Waals surface area contributed by atoms with Crippen LogP contribution in [0.2, 0.25) is 0 Å². The van der Waals surface area contributed by atoms with Crippen molar-refractivity contribution < 1.29 is 0 Å². The molecule has 0 fully saturated rings.